The molecule has 0 unspecified atom stereocenters. The molecule has 0 atom stereocenters. The number of aliphatic carboxylic acids is 6. The summed E-state index contributed by atoms with van der Waals surface area (Å²) in [6.07, 6.45) is -0.514. The van der Waals surface area contributed by atoms with Gasteiger partial charge in [0.2, 0.25) is 0 Å². The van der Waals surface area contributed by atoms with Crippen LogP contribution < -0.4 is 15.3 Å². The van der Waals surface area contributed by atoms with Gasteiger partial charge in [0.25, 0.3) is 0 Å². The fourth-order valence-electron chi connectivity index (χ4n) is 3.03. The largest absolute Gasteiger partial charge is 3.00 e. The maximum absolute atomic E-state index is 11.4. The van der Waals surface area contributed by atoms with Crippen LogP contribution in [0.3, 0.4) is 0 Å². The summed E-state index contributed by atoms with van der Waals surface area (Å²) in [5.74, 6) is -6.41. The molecule has 1 radical (unpaired) electrons. The van der Waals surface area contributed by atoms with Crippen LogP contribution in [-0.4, -0.2) is 159 Å². The van der Waals surface area contributed by atoms with Gasteiger partial charge < -0.3 is 54.8 Å². The summed E-state index contributed by atoms with van der Waals surface area (Å²) in [4.78, 5) is 84.8. The average Bonchev–Trinajstić information content (AvgIpc) is 2.72. The number of hydrogen-bond acceptors (Lipinski definition) is 14. The maximum atomic E-state index is 11.4. The molecule has 1 saturated heterocycles. The van der Waals surface area contributed by atoms with Crippen molar-refractivity contribution >= 4 is 43.4 Å². The molecular weight excluding hydrogens is 736 g/mol. The molecule has 21 heteroatoms. The fourth-order valence-corrected chi connectivity index (χ4v) is 3.83. The number of nitrogens with zero attached hydrogens (tertiary/aromatic N) is 4. The second kappa shape index (κ2) is 26.7. The quantitative estimate of drug-likeness (QED) is 0.143. The van der Waals surface area contributed by atoms with E-state index in [-0.39, 0.29) is 112 Å². The smallest absolute Gasteiger partial charge is 0.550 e. The molecular formula is C21H38GdN4O15P. The third kappa shape index (κ3) is 42.6. The van der Waals surface area contributed by atoms with Crippen molar-refractivity contribution in [2.24, 2.45) is 0 Å². The Balaban J connectivity index is -0.000000469. The summed E-state index contributed by atoms with van der Waals surface area (Å²) in [7, 11) is -4.35. The first-order valence-corrected chi connectivity index (χ1v) is 13.6. The second-order valence-corrected chi connectivity index (χ2v) is 10.0. The first-order valence-electron chi connectivity index (χ1n) is 11.8. The Morgan fingerprint density at radius 3 is 0.857 bits per heavy atom. The van der Waals surface area contributed by atoms with Crippen LogP contribution >= 0.6 is 7.60 Å². The van der Waals surface area contributed by atoms with E-state index in [1.54, 1.807) is 14.7 Å². The minimum absolute atomic E-state index is 0. The molecule has 245 valence electrons. The van der Waals surface area contributed by atoms with E-state index in [4.69, 9.17) is 45.0 Å². The van der Waals surface area contributed by atoms with Gasteiger partial charge in [-0.05, 0) is 20.8 Å². The minimum Gasteiger partial charge on any atom is -0.550 e. The predicted molar refractivity (Wildman–Crippen MR) is 133 cm³/mol. The van der Waals surface area contributed by atoms with E-state index in [9.17, 15) is 28.7 Å². The molecule has 0 amide bonds. The van der Waals surface area contributed by atoms with Gasteiger partial charge in [0.15, 0.2) is 0 Å². The minimum atomic E-state index is -4.35. The Labute approximate surface area is 274 Å². The summed E-state index contributed by atoms with van der Waals surface area (Å²) in [5.41, 5.74) is 0. The van der Waals surface area contributed by atoms with Crippen molar-refractivity contribution in [2.75, 3.05) is 78.3 Å². The van der Waals surface area contributed by atoms with Crippen molar-refractivity contribution in [3.8, 4) is 0 Å². The average molecular weight is 775 g/mol. The van der Waals surface area contributed by atoms with Crippen molar-refractivity contribution in [2.45, 2.75) is 20.8 Å². The predicted octanol–water partition coefficient (Wildman–Crippen LogP) is -6.13. The number of carbonyl (C=O) groups is 6. The van der Waals surface area contributed by atoms with E-state index >= 15 is 0 Å². The first-order chi connectivity index (χ1) is 18.6. The molecule has 5 N–H and O–H groups in total. The number of carbonyl (C=O) groups excluding carboxylic acids is 3. The van der Waals surface area contributed by atoms with Crippen molar-refractivity contribution in [3.05, 3.63) is 0 Å². The third-order valence-corrected chi connectivity index (χ3v) is 5.16. The first kappa shape index (κ1) is 47.1. The summed E-state index contributed by atoms with van der Waals surface area (Å²) < 4.78 is 11.4. The summed E-state index contributed by atoms with van der Waals surface area (Å²) >= 11 is 0. The van der Waals surface area contributed by atoms with Crippen LogP contribution in [0.1, 0.15) is 20.8 Å². The molecule has 1 aliphatic rings. The van der Waals surface area contributed by atoms with Gasteiger partial charge >= 0.3 is 65.4 Å². The molecule has 1 fully saturated rings. The van der Waals surface area contributed by atoms with E-state index in [2.05, 4.69) is 0 Å². The molecule has 1 rings (SSSR count). The number of rotatable bonds is 8. The molecule has 19 nitrogen and oxygen atoms in total. The van der Waals surface area contributed by atoms with Gasteiger partial charge in [-0.1, -0.05) is 0 Å². The number of hydrogen-bond donors (Lipinski definition) is 5. The normalized spacial score (nSPS) is 15.5. The molecule has 42 heavy (non-hydrogen) atoms. The van der Waals surface area contributed by atoms with E-state index in [1.165, 1.54) is 4.90 Å². The second-order valence-electron chi connectivity index (χ2n) is 8.41. The van der Waals surface area contributed by atoms with E-state index in [1.807, 2.05) is 0 Å². The summed E-state index contributed by atoms with van der Waals surface area (Å²) in [6.45, 7) is 3.91. The Hall–Kier alpha value is -1.87. The van der Waals surface area contributed by atoms with Crippen LogP contribution in [0.2, 0.25) is 0 Å². The Kier molecular flexibility index (Phi) is 30.0. The molecule has 0 saturated carbocycles. The van der Waals surface area contributed by atoms with Crippen molar-refractivity contribution in [1.82, 2.24) is 19.6 Å². The SMILES string of the molecule is CC(=O)[O-].CC(=O)[O-].CC(=O)[O-].O=C(O)CN1CCN(CC(=O)O)CCN(CP(=O)(O)O)CCN(CC(=O)O)CC1.[Gd+3]. The Morgan fingerprint density at radius 2 is 0.714 bits per heavy atom. The number of carboxylic acid groups (broad SMARTS) is 6. The van der Waals surface area contributed by atoms with E-state index in [0.717, 1.165) is 20.8 Å². The summed E-state index contributed by atoms with van der Waals surface area (Å²) in [5, 5.41) is 53.9. The maximum Gasteiger partial charge on any atom is 3.00 e. The molecule has 1 heterocycles. The van der Waals surface area contributed by atoms with Gasteiger partial charge in [0.05, 0.1) is 19.6 Å². The topological polar surface area (TPSA) is 303 Å². The number of carboxylic acids is 6. The molecule has 0 aromatic carbocycles. The van der Waals surface area contributed by atoms with Crippen molar-refractivity contribution in [3.63, 3.8) is 0 Å². The van der Waals surface area contributed by atoms with Crippen LogP contribution in [0.4, 0.5) is 0 Å². The zero-order chi connectivity index (χ0) is 32.8. The van der Waals surface area contributed by atoms with Crippen LogP contribution in [0, 0.1) is 39.9 Å². The van der Waals surface area contributed by atoms with Gasteiger partial charge in [0.1, 0.15) is 6.29 Å². The zero-order valence-corrected chi connectivity index (χ0v) is 26.6. The Morgan fingerprint density at radius 1 is 0.548 bits per heavy atom. The molecule has 0 aromatic heterocycles. The third-order valence-electron chi connectivity index (χ3n) is 4.39. The van der Waals surface area contributed by atoms with Gasteiger partial charge in [-0.2, -0.15) is 0 Å². The van der Waals surface area contributed by atoms with Crippen LogP contribution in [0.25, 0.3) is 0 Å². The standard InChI is InChI=1S/C15H29N4O9P.3C2H4O2.Gd/c20-13(21)9-16-1-3-17(10-14(22)23)5-7-19(12-29(26,27)28)8-6-18(4-2-16)11-15(24)25;3*1-2(3)4;/h1-12H2,(H,20,21)(H,22,23)(H,24,25)(H2,26,27,28);3*1H3,(H,3,4);/q;;;;+3/p-3. The van der Waals surface area contributed by atoms with Gasteiger partial charge in [-0.3, -0.25) is 38.5 Å². The van der Waals surface area contributed by atoms with Gasteiger partial charge in [-0.15, -0.1) is 0 Å². The summed E-state index contributed by atoms with van der Waals surface area (Å²) in [6, 6.07) is 0. The zero-order valence-electron chi connectivity index (χ0n) is 23.4. The molecule has 0 spiro atoms. The monoisotopic (exact) mass is 775 g/mol. The Bertz CT molecular complexity index is 817. The fraction of sp³-hybridized carbons (Fsp3) is 0.714. The van der Waals surface area contributed by atoms with Gasteiger partial charge in [-0.25, -0.2) is 0 Å². The van der Waals surface area contributed by atoms with Crippen LogP contribution in [-0.2, 0) is 33.3 Å². The van der Waals surface area contributed by atoms with Crippen molar-refractivity contribution in [1.29, 1.82) is 0 Å². The molecule has 0 aromatic rings. The van der Waals surface area contributed by atoms with E-state index < -0.39 is 49.7 Å². The van der Waals surface area contributed by atoms with E-state index in [0.29, 0.717) is 0 Å². The van der Waals surface area contributed by atoms with Crippen LogP contribution in [0.15, 0.2) is 0 Å². The molecule has 0 aliphatic carbocycles. The molecule has 1 aliphatic heterocycles. The molecule has 0 bridgehead atoms. The van der Waals surface area contributed by atoms with Crippen molar-refractivity contribution < 1.29 is 114 Å². The van der Waals surface area contributed by atoms with Gasteiger partial charge in [0, 0.05) is 70.3 Å². The van der Waals surface area contributed by atoms with Crippen LogP contribution in [0.5, 0.6) is 0 Å².